The summed E-state index contributed by atoms with van der Waals surface area (Å²) in [6.45, 7) is 3.69. The van der Waals surface area contributed by atoms with Crippen molar-refractivity contribution in [3.63, 3.8) is 0 Å². The Hall–Kier alpha value is -0.870. The Kier molecular flexibility index (Phi) is 4.18. The van der Waals surface area contributed by atoms with Gasteiger partial charge in [-0.1, -0.05) is 24.9 Å². The highest BCUT2D eigenvalue weighted by atomic mass is 16.5. The molecule has 1 aromatic heterocycles. The van der Waals surface area contributed by atoms with Crippen molar-refractivity contribution in [2.24, 2.45) is 5.92 Å². The fraction of sp³-hybridized carbons (Fsp3) is 0.800. The maximum atomic E-state index is 5.94. The quantitative estimate of drug-likeness (QED) is 0.858. The van der Waals surface area contributed by atoms with Gasteiger partial charge in [0, 0.05) is 18.7 Å². The third-order valence-electron chi connectivity index (χ3n) is 4.11. The maximum absolute atomic E-state index is 5.94. The molecule has 0 aliphatic heterocycles. The van der Waals surface area contributed by atoms with Crippen LogP contribution in [0.4, 0.5) is 0 Å². The molecule has 1 heterocycles. The van der Waals surface area contributed by atoms with Crippen LogP contribution in [0.25, 0.3) is 0 Å². The van der Waals surface area contributed by atoms with Crippen LogP contribution < -0.4 is 5.32 Å². The molecule has 2 saturated carbocycles. The van der Waals surface area contributed by atoms with E-state index < -0.39 is 0 Å². The summed E-state index contributed by atoms with van der Waals surface area (Å²) in [5.74, 6) is 1.65. The van der Waals surface area contributed by atoms with Gasteiger partial charge in [0.1, 0.15) is 6.61 Å². The Balaban J connectivity index is 1.41. The van der Waals surface area contributed by atoms with E-state index in [2.05, 4.69) is 17.4 Å². The molecule has 3 rings (SSSR count). The van der Waals surface area contributed by atoms with Gasteiger partial charge in [0.15, 0.2) is 5.76 Å². The summed E-state index contributed by atoms with van der Waals surface area (Å²) >= 11 is 0. The third kappa shape index (κ3) is 4.05. The minimum atomic E-state index is 0.405. The van der Waals surface area contributed by atoms with Crippen molar-refractivity contribution in [1.82, 2.24) is 10.5 Å². The fourth-order valence-corrected chi connectivity index (χ4v) is 2.77. The van der Waals surface area contributed by atoms with Crippen molar-refractivity contribution in [2.75, 3.05) is 0 Å². The first-order chi connectivity index (χ1) is 9.29. The monoisotopic (exact) mass is 264 g/mol. The van der Waals surface area contributed by atoms with E-state index in [9.17, 15) is 0 Å². The van der Waals surface area contributed by atoms with E-state index in [1.807, 2.05) is 6.07 Å². The molecule has 19 heavy (non-hydrogen) atoms. The molecule has 2 aliphatic carbocycles. The second kappa shape index (κ2) is 6.06. The number of rotatable bonds is 6. The SMILES string of the molecule is CC1CCCC(OCc2cc(CNC3CC3)no2)C1. The summed E-state index contributed by atoms with van der Waals surface area (Å²) < 4.78 is 11.3. The minimum absolute atomic E-state index is 0.405. The molecule has 0 amide bonds. The first kappa shape index (κ1) is 13.1. The Morgan fingerprint density at radius 2 is 2.26 bits per heavy atom. The zero-order valence-corrected chi connectivity index (χ0v) is 11.7. The first-order valence-electron chi connectivity index (χ1n) is 7.59. The smallest absolute Gasteiger partial charge is 0.162 e. The fourth-order valence-electron chi connectivity index (χ4n) is 2.77. The second-order valence-electron chi connectivity index (χ2n) is 6.14. The Morgan fingerprint density at radius 3 is 3.05 bits per heavy atom. The number of hydrogen-bond acceptors (Lipinski definition) is 4. The lowest BCUT2D eigenvalue weighted by Gasteiger charge is -2.26. The van der Waals surface area contributed by atoms with Crippen LogP contribution in [0.3, 0.4) is 0 Å². The normalized spacial score (nSPS) is 27.6. The highest BCUT2D eigenvalue weighted by Crippen LogP contribution is 2.26. The van der Waals surface area contributed by atoms with E-state index in [0.717, 1.165) is 23.9 Å². The molecule has 1 aromatic rings. The van der Waals surface area contributed by atoms with Crippen LogP contribution in [0.15, 0.2) is 10.6 Å². The van der Waals surface area contributed by atoms with Gasteiger partial charge in [-0.05, 0) is 31.6 Å². The molecule has 106 valence electrons. The standard InChI is InChI=1S/C15H24N2O2/c1-11-3-2-4-14(7-11)18-10-15-8-13(17-19-15)9-16-12-5-6-12/h8,11-12,14,16H,2-7,9-10H2,1H3. The van der Waals surface area contributed by atoms with Gasteiger partial charge in [0.2, 0.25) is 0 Å². The van der Waals surface area contributed by atoms with Crippen molar-refractivity contribution < 1.29 is 9.26 Å². The predicted molar refractivity (Wildman–Crippen MR) is 72.6 cm³/mol. The van der Waals surface area contributed by atoms with Gasteiger partial charge >= 0.3 is 0 Å². The number of nitrogens with zero attached hydrogens (tertiary/aromatic N) is 1. The lowest BCUT2D eigenvalue weighted by molar-refractivity contribution is -0.00448. The molecule has 2 atom stereocenters. The van der Waals surface area contributed by atoms with E-state index in [1.54, 1.807) is 0 Å². The molecule has 0 aromatic carbocycles. The van der Waals surface area contributed by atoms with Gasteiger partial charge in [-0.15, -0.1) is 0 Å². The Morgan fingerprint density at radius 1 is 1.37 bits per heavy atom. The van der Waals surface area contributed by atoms with E-state index >= 15 is 0 Å². The summed E-state index contributed by atoms with van der Waals surface area (Å²) in [5.41, 5.74) is 0.988. The van der Waals surface area contributed by atoms with E-state index in [0.29, 0.717) is 18.8 Å². The predicted octanol–water partition coefficient (Wildman–Crippen LogP) is 3.02. The highest BCUT2D eigenvalue weighted by Gasteiger charge is 2.21. The molecule has 0 spiro atoms. The molecule has 2 aliphatic rings. The molecule has 0 saturated heterocycles. The number of hydrogen-bond donors (Lipinski definition) is 1. The average molecular weight is 264 g/mol. The van der Waals surface area contributed by atoms with Crippen molar-refractivity contribution in [1.29, 1.82) is 0 Å². The molecular formula is C15H24N2O2. The number of nitrogens with one attached hydrogen (secondary N) is 1. The van der Waals surface area contributed by atoms with Gasteiger partial charge in [0.05, 0.1) is 11.8 Å². The lowest BCUT2D eigenvalue weighted by Crippen LogP contribution is -2.21. The zero-order valence-electron chi connectivity index (χ0n) is 11.7. The van der Waals surface area contributed by atoms with Crippen molar-refractivity contribution in [2.45, 2.75) is 70.7 Å². The van der Waals surface area contributed by atoms with E-state index in [4.69, 9.17) is 9.26 Å². The van der Waals surface area contributed by atoms with E-state index in [-0.39, 0.29) is 0 Å². The largest absolute Gasteiger partial charge is 0.370 e. The summed E-state index contributed by atoms with van der Waals surface area (Å²) in [6.07, 6.45) is 8.01. The Labute approximate surface area is 114 Å². The number of aromatic nitrogens is 1. The average Bonchev–Trinajstić information content (AvgIpc) is 3.13. The highest BCUT2D eigenvalue weighted by molar-refractivity contribution is 5.05. The van der Waals surface area contributed by atoms with Crippen LogP contribution in [0.2, 0.25) is 0 Å². The van der Waals surface area contributed by atoms with Crippen LogP contribution >= 0.6 is 0 Å². The van der Waals surface area contributed by atoms with Crippen molar-refractivity contribution in [3.05, 3.63) is 17.5 Å². The van der Waals surface area contributed by atoms with Gasteiger partial charge in [-0.2, -0.15) is 0 Å². The van der Waals surface area contributed by atoms with Gasteiger partial charge < -0.3 is 14.6 Å². The molecule has 0 radical (unpaired) electrons. The molecule has 2 fully saturated rings. The molecule has 0 bridgehead atoms. The van der Waals surface area contributed by atoms with Crippen LogP contribution in [0, 0.1) is 5.92 Å². The van der Waals surface area contributed by atoms with Crippen LogP contribution in [-0.2, 0) is 17.9 Å². The molecular weight excluding hydrogens is 240 g/mol. The van der Waals surface area contributed by atoms with Crippen molar-refractivity contribution in [3.8, 4) is 0 Å². The second-order valence-corrected chi connectivity index (χ2v) is 6.14. The van der Waals surface area contributed by atoms with Crippen molar-refractivity contribution >= 4 is 0 Å². The number of ether oxygens (including phenoxy) is 1. The topological polar surface area (TPSA) is 47.3 Å². The van der Waals surface area contributed by atoms with Gasteiger partial charge in [-0.25, -0.2) is 0 Å². The first-order valence-corrected chi connectivity index (χ1v) is 7.59. The van der Waals surface area contributed by atoms with Crippen LogP contribution in [0.1, 0.15) is 56.9 Å². The maximum Gasteiger partial charge on any atom is 0.162 e. The van der Waals surface area contributed by atoms with Crippen LogP contribution in [0.5, 0.6) is 0 Å². The van der Waals surface area contributed by atoms with Gasteiger partial charge in [-0.3, -0.25) is 0 Å². The molecule has 4 heteroatoms. The summed E-state index contributed by atoms with van der Waals surface area (Å²) in [6, 6.07) is 2.72. The molecule has 1 N–H and O–H groups in total. The minimum Gasteiger partial charge on any atom is -0.370 e. The summed E-state index contributed by atoms with van der Waals surface area (Å²) in [5, 5.41) is 7.51. The zero-order chi connectivity index (χ0) is 13.1. The summed E-state index contributed by atoms with van der Waals surface area (Å²) in [7, 11) is 0. The van der Waals surface area contributed by atoms with E-state index in [1.165, 1.54) is 38.5 Å². The third-order valence-corrected chi connectivity index (χ3v) is 4.11. The lowest BCUT2D eigenvalue weighted by atomic mass is 9.89. The van der Waals surface area contributed by atoms with Gasteiger partial charge in [0.25, 0.3) is 0 Å². The Bertz CT molecular complexity index is 401. The summed E-state index contributed by atoms with van der Waals surface area (Å²) in [4.78, 5) is 0. The van der Waals surface area contributed by atoms with Crippen LogP contribution in [-0.4, -0.2) is 17.3 Å². The molecule has 2 unspecified atom stereocenters. The molecule has 4 nitrogen and oxygen atoms in total.